The number of carboxylic acids is 1. The van der Waals surface area contributed by atoms with Gasteiger partial charge in [-0.3, -0.25) is 19.6 Å². The second-order valence-electron chi connectivity index (χ2n) is 5.17. The first-order chi connectivity index (χ1) is 9.13. The van der Waals surface area contributed by atoms with Crippen molar-refractivity contribution in [1.29, 1.82) is 0 Å². The van der Waals surface area contributed by atoms with Gasteiger partial charge in [0.1, 0.15) is 0 Å². The molecule has 0 atom stereocenters. The van der Waals surface area contributed by atoms with Crippen molar-refractivity contribution in [3.05, 3.63) is 29.6 Å². The molecule has 0 amide bonds. The van der Waals surface area contributed by atoms with Crippen LogP contribution in [0.3, 0.4) is 0 Å². The van der Waals surface area contributed by atoms with Gasteiger partial charge < -0.3 is 5.11 Å². The molecule has 19 heavy (non-hydrogen) atoms. The molecule has 0 unspecified atom stereocenters. The Morgan fingerprint density at radius 1 is 1.26 bits per heavy atom. The Balaban J connectivity index is 1.87. The van der Waals surface area contributed by atoms with E-state index in [1.165, 1.54) is 11.1 Å². The summed E-state index contributed by atoms with van der Waals surface area (Å²) in [6.45, 7) is 6.73. The highest BCUT2D eigenvalue weighted by Crippen LogP contribution is 2.09. The molecule has 5 nitrogen and oxygen atoms in total. The third-order valence-electron chi connectivity index (χ3n) is 3.38. The highest BCUT2D eigenvalue weighted by molar-refractivity contribution is 5.69. The fourth-order valence-corrected chi connectivity index (χ4v) is 2.49. The van der Waals surface area contributed by atoms with Gasteiger partial charge in [0.15, 0.2) is 0 Å². The topological polar surface area (TPSA) is 56.7 Å². The molecule has 104 valence electrons. The largest absolute Gasteiger partial charge is 0.480 e. The lowest BCUT2D eigenvalue weighted by Crippen LogP contribution is -2.34. The van der Waals surface area contributed by atoms with Gasteiger partial charge in [0.25, 0.3) is 0 Å². The Kier molecular flexibility index (Phi) is 4.87. The molecule has 1 saturated heterocycles. The number of pyridine rings is 1. The van der Waals surface area contributed by atoms with Crippen LogP contribution in [0.25, 0.3) is 0 Å². The van der Waals surface area contributed by atoms with Crippen molar-refractivity contribution < 1.29 is 9.90 Å². The number of carbonyl (C=O) groups is 1. The number of nitrogens with zero attached hydrogens (tertiary/aromatic N) is 3. The predicted octanol–water partition coefficient (Wildman–Crippen LogP) is 0.982. The number of rotatable bonds is 4. The SMILES string of the molecule is Cc1cncc(CN2CCCN(CC(=O)O)CC2)c1. The summed E-state index contributed by atoms with van der Waals surface area (Å²) in [5.41, 5.74) is 2.41. The zero-order valence-electron chi connectivity index (χ0n) is 11.4. The smallest absolute Gasteiger partial charge is 0.317 e. The molecule has 2 rings (SSSR count). The molecular weight excluding hydrogens is 242 g/mol. The van der Waals surface area contributed by atoms with Crippen LogP contribution in [-0.4, -0.2) is 58.6 Å². The maximum atomic E-state index is 10.7. The Morgan fingerprint density at radius 3 is 2.74 bits per heavy atom. The number of aryl methyl sites for hydroxylation is 1. The lowest BCUT2D eigenvalue weighted by atomic mass is 10.2. The van der Waals surface area contributed by atoms with Gasteiger partial charge in [0, 0.05) is 38.6 Å². The number of hydrogen-bond donors (Lipinski definition) is 1. The second-order valence-corrected chi connectivity index (χ2v) is 5.17. The molecule has 0 spiro atoms. The minimum atomic E-state index is -0.740. The monoisotopic (exact) mass is 263 g/mol. The molecule has 0 radical (unpaired) electrons. The Bertz CT molecular complexity index is 436. The third-order valence-corrected chi connectivity index (χ3v) is 3.38. The van der Waals surface area contributed by atoms with Crippen molar-refractivity contribution in [2.24, 2.45) is 0 Å². The van der Waals surface area contributed by atoms with Crippen molar-refractivity contribution in [3.63, 3.8) is 0 Å². The highest BCUT2D eigenvalue weighted by atomic mass is 16.4. The van der Waals surface area contributed by atoms with Gasteiger partial charge in [0.2, 0.25) is 0 Å². The quantitative estimate of drug-likeness (QED) is 0.877. The molecule has 1 fully saturated rings. The van der Waals surface area contributed by atoms with Crippen molar-refractivity contribution in [1.82, 2.24) is 14.8 Å². The van der Waals surface area contributed by atoms with Crippen molar-refractivity contribution in [2.45, 2.75) is 19.9 Å². The van der Waals surface area contributed by atoms with Crippen LogP contribution in [0.5, 0.6) is 0 Å². The van der Waals surface area contributed by atoms with Crippen LogP contribution in [0.1, 0.15) is 17.5 Å². The standard InChI is InChI=1S/C14H21N3O2/c1-12-7-13(9-15-8-12)10-16-3-2-4-17(6-5-16)11-14(18)19/h7-9H,2-6,10-11H2,1H3,(H,18,19). The van der Waals surface area contributed by atoms with Gasteiger partial charge in [-0.15, -0.1) is 0 Å². The molecule has 1 N–H and O–H groups in total. The van der Waals surface area contributed by atoms with Crippen molar-refractivity contribution in [3.8, 4) is 0 Å². The summed E-state index contributed by atoms with van der Waals surface area (Å²) in [5.74, 6) is -0.740. The molecule has 0 aromatic carbocycles. The van der Waals surface area contributed by atoms with E-state index in [4.69, 9.17) is 5.11 Å². The van der Waals surface area contributed by atoms with E-state index in [2.05, 4.69) is 16.0 Å². The van der Waals surface area contributed by atoms with Gasteiger partial charge in [-0.05, 0) is 31.0 Å². The molecule has 1 aliphatic heterocycles. The molecular formula is C14H21N3O2. The van der Waals surface area contributed by atoms with Gasteiger partial charge in [-0.25, -0.2) is 0 Å². The highest BCUT2D eigenvalue weighted by Gasteiger charge is 2.16. The van der Waals surface area contributed by atoms with Crippen LogP contribution in [0.2, 0.25) is 0 Å². The minimum Gasteiger partial charge on any atom is -0.480 e. The summed E-state index contributed by atoms with van der Waals surface area (Å²) in [4.78, 5) is 19.3. The maximum Gasteiger partial charge on any atom is 0.317 e. The van der Waals surface area contributed by atoms with Crippen LogP contribution in [0.4, 0.5) is 0 Å². The molecule has 0 aliphatic carbocycles. The number of aliphatic carboxylic acids is 1. The molecule has 1 aromatic heterocycles. The van der Waals surface area contributed by atoms with Crippen LogP contribution in [0.15, 0.2) is 18.5 Å². The Hall–Kier alpha value is -1.46. The van der Waals surface area contributed by atoms with Crippen molar-refractivity contribution >= 4 is 5.97 Å². The molecule has 0 bridgehead atoms. The van der Waals surface area contributed by atoms with Crippen LogP contribution in [0, 0.1) is 6.92 Å². The van der Waals surface area contributed by atoms with Crippen LogP contribution < -0.4 is 0 Å². The number of aromatic nitrogens is 1. The molecule has 2 heterocycles. The maximum absolute atomic E-state index is 10.7. The average Bonchev–Trinajstić information content (AvgIpc) is 2.54. The lowest BCUT2D eigenvalue weighted by molar-refractivity contribution is -0.138. The van der Waals surface area contributed by atoms with E-state index in [0.717, 1.165) is 39.1 Å². The van der Waals surface area contributed by atoms with E-state index >= 15 is 0 Å². The van der Waals surface area contributed by atoms with Gasteiger partial charge in [0.05, 0.1) is 6.54 Å². The fraction of sp³-hybridized carbons (Fsp3) is 0.571. The van der Waals surface area contributed by atoms with E-state index in [1.54, 1.807) is 0 Å². The van der Waals surface area contributed by atoms with Crippen LogP contribution >= 0.6 is 0 Å². The average molecular weight is 263 g/mol. The van der Waals surface area contributed by atoms with E-state index in [-0.39, 0.29) is 6.54 Å². The fourth-order valence-electron chi connectivity index (χ4n) is 2.49. The number of hydrogen-bond acceptors (Lipinski definition) is 4. The first kappa shape index (κ1) is 14.0. The predicted molar refractivity (Wildman–Crippen MR) is 72.9 cm³/mol. The zero-order valence-corrected chi connectivity index (χ0v) is 11.4. The summed E-state index contributed by atoms with van der Waals surface area (Å²) in [6.07, 6.45) is 4.79. The van der Waals surface area contributed by atoms with E-state index in [1.807, 2.05) is 24.2 Å². The van der Waals surface area contributed by atoms with Gasteiger partial charge in [-0.2, -0.15) is 0 Å². The lowest BCUT2D eigenvalue weighted by Gasteiger charge is -2.20. The Labute approximate surface area is 113 Å². The normalized spacial score (nSPS) is 18.2. The summed E-state index contributed by atoms with van der Waals surface area (Å²) in [6, 6.07) is 2.16. The van der Waals surface area contributed by atoms with E-state index in [9.17, 15) is 4.79 Å². The van der Waals surface area contributed by atoms with Gasteiger partial charge in [-0.1, -0.05) is 6.07 Å². The summed E-state index contributed by atoms with van der Waals surface area (Å²) < 4.78 is 0. The summed E-state index contributed by atoms with van der Waals surface area (Å²) in [7, 11) is 0. The zero-order chi connectivity index (χ0) is 13.7. The van der Waals surface area contributed by atoms with Crippen molar-refractivity contribution in [2.75, 3.05) is 32.7 Å². The third kappa shape index (κ3) is 4.61. The summed E-state index contributed by atoms with van der Waals surface area (Å²) in [5, 5.41) is 8.83. The van der Waals surface area contributed by atoms with Crippen LogP contribution in [-0.2, 0) is 11.3 Å². The first-order valence-corrected chi connectivity index (χ1v) is 6.70. The molecule has 1 aromatic rings. The number of carboxylic acid groups (broad SMARTS) is 1. The minimum absolute atomic E-state index is 0.153. The Morgan fingerprint density at radius 2 is 2.00 bits per heavy atom. The second kappa shape index (κ2) is 6.63. The molecule has 0 saturated carbocycles. The summed E-state index contributed by atoms with van der Waals surface area (Å²) >= 11 is 0. The first-order valence-electron chi connectivity index (χ1n) is 6.70. The van der Waals surface area contributed by atoms with E-state index < -0.39 is 5.97 Å². The molecule has 1 aliphatic rings. The van der Waals surface area contributed by atoms with Gasteiger partial charge >= 0.3 is 5.97 Å². The van der Waals surface area contributed by atoms with E-state index in [0.29, 0.717) is 0 Å². The molecule has 5 heteroatoms.